The Labute approximate surface area is 192 Å². The molecule has 9 heteroatoms. The summed E-state index contributed by atoms with van der Waals surface area (Å²) in [6.45, 7) is 0. The normalized spacial score (nSPS) is 10.6. The van der Waals surface area contributed by atoms with E-state index < -0.39 is 23.4 Å². The van der Waals surface area contributed by atoms with E-state index in [1.165, 1.54) is 25.3 Å². The van der Waals surface area contributed by atoms with Crippen molar-refractivity contribution >= 4 is 41.4 Å². The quantitative estimate of drug-likeness (QED) is 0.323. The Bertz CT molecular complexity index is 1420. The minimum atomic E-state index is -0.826. The van der Waals surface area contributed by atoms with Crippen LogP contribution in [0.15, 0.2) is 82.0 Å². The number of halogens is 1. The first-order valence-corrected chi connectivity index (χ1v) is 10.1. The number of imide groups is 1. The van der Waals surface area contributed by atoms with Crippen molar-refractivity contribution in [2.75, 3.05) is 12.4 Å². The van der Waals surface area contributed by atoms with Crippen LogP contribution in [0, 0.1) is 5.82 Å². The van der Waals surface area contributed by atoms with Gasteiger partial charge in [-0.3, -0.25) is 4.79 Å². The molecule has 0 radical (unpaired) electrons. The van der Waals surface area contributed by atoms with E-state index in [4.69, 9.17) is 9.15 Å². The first kappa shape index (κ1) is 22.1. The number of carbonyl (C=O) groups is 2. The Morgan fingerprint density at radius 2 is 1.73 bits per heavy atom. The number of benzene rings is 3. The fraction of sp³-hybridized carbons (Fsp3) is 0.0417. The molecule has 1 heterocycles. The molecule has 0 unspecified atom stereocenters. The predicted molar refractivity (Wildman–Crippen MR) is 125 cm³/mol. The standard InChI is InChI=1S/C24H17FN2O5S/c1-31-21-13-17(26-24(30)27(33)22(28)14-6-8-16(25)9-7-14)10-11-18(21)19-12-15-4-2-3-5-20(15)32-23(19)29/h2-13,33H,1H3,(H,26,30). The van der Waals surface area contributed by atoms with Crippen LogP contribution in [0.25, 0.3) is 22.1 Å². The van der Waals surface area contributed by atoms with E-state index in [0.717, 1.165) is 17.5 Å². The number of amides is 3. The van der Waals surface area contributed by atoms with E-state index in [-0.39, 0.29) is 5.56 Å². The molecule has 4 rings (SSSR count). The highest BCUT2D eigenvalue weighted by molar-refractivity contribution is 7.79. The zero-order chi connectivity index (χ0) is 23.5. The topological polar surface area (TPSA) is 88.8 Å². The van der Waals surface area contributed by atoms with Gasteiger partial charge < -0.3 is 14.5 Å². The van der Waals surface area contributed by atoms with Crippen molar-refractivity contribution in [1.29, 1.82) is 0 Å². The van der Waals surface area contributed by atoms with Gasteiger partial charge in [0, 0.05) is 28.3 Å². The summed E-state index contributed by atoms with van der Waals surface area (Å²) in [5.41, 5.74) is 1.10. The molecule has 4 aromatic rings. The zero-order valence-electron chi connectivity index (χ0n) is 17.2. The van der Waals surface area contributed by atoms with Gasteiger partial charge in [0.1, 0.15) is 17.1 Å². The largest absolute Gasteiger partial charge is 0.496 e. The predicted octanol–water partition coefficient (Wildman–Crippen LogP) is 5.13. The molecule has 33 heavy (non-hydrogen) atoms. The third kappa shape index (κ3) is 4.58. The summed E-state index contributed by atoms with van der Waals surface area (Å²) in [4.78, 5) is 37.4. The summed E-state index contributed by atoms with van der Waals surface area (Å²) >= 11 is 3.95. The van der Waals surface area contributed by atoms with Crippen molar-refractivity contribution in [3.8, 4) is 16.9 Å². The highest BCUT2D eigenvalue weighted by atomic mass is 32.1. The number of urea groups is 1. The van der Waals surface area contributed by atoms with Crippen molar-refractivity contribution in [1.82, 2.24) is 4.31 Å². The lowest BCUT2D eigenvalue weighted by Crippen LogP contribution is -2.32. The highest BCUT2D eigenvalue weighted by Crippen LogP contribution is 2.32. The van der Waals surface area contributed by atoms with Crippen LogP contribution >= 0.6 is 12.8 Å². The highest BCUT2D eigenvalue weighted by Gasteiger charge is 2.21. The minimum Gasteiger partial charge on any atom is -0.496 e. The molecule has 166 valence electrons. The van der Waals surface area contributed by atoms with Crippen molar-refractivity contribution in [2.45, 2.75) is 0 Å². The Hall–Kier alpha value is -4.11. The molecule has 3 amide bonds. The van der Waals surface area contributed by atoms with Gasteiger partial charge in [0.2, 0.25) is 0 Å². The third-order valence-corrected chi connectivity index (χ3v) is 5.22. The molecule has 0 aliphatic rings. The van der Waals surface area contributed by atoms with E-state index in [1.807, 2.05) is 12.1 Å². The second-order valence-electron chi connectivity index (χ2n) is 6.95. The van der Waals surface area contributed by atoms with Crippen LogP contribution in [0.5, 0.6) is 5.75 Å². The van der Waals surface area contributed by atoms with Crippen molar-refractivity contribution in [2.24, 2.45) is 0 Å². The summed E-state index contributed by atoms with van der Waals surface area (Å²) in [6.07, 6.45) is 0. The van der Waals surface area contributed by atoms with Crippen LogP contribution in [0.2, 0.25) is 0 Å². The summed E-state index contributed by atoms with van der Waals surface area (Å²) < 4.78 is 24.4. The molecule has 0 aliphatic heterocycles. The number of methoxy groups -OCH3 is 1. The molecule has 0 atom stereocenters. The van der Waals surface area contributed by atoms with E-state index >= 15 is 0 Å². The number of hydrogen-bond acceptors (Lipinski definition) is 6. The van der Waals surface area contributed by atoms with Gasteiger partial charge in [0.05, 0.1) is 12.7 Å². The molecule has 0 spiro atoms. The van der Waals surface area contributed by atoms with Crippen LogP contribution in [-0.2, 0) is 0 Å². The van der Waals surface area contributed by atoms with Crippen molar-refractivity contribution < 1.29 is 23.1 Å². The number of hydrogen-bond donors (Lipinski definition) is 2. The Balaban J connectivity index is 1.59. The van der Waals surface area contributed by atoms with Crippen LogP contribution in [0.3, 0.4) is 0 Å². The molecule has 0 saturated heterocycles. The second kappa shape index (κ2) is 9.17. The smallest absolute Gasteiger partial charge is 0.344 e. The number of fused-ring (bicyclic) bond motifs is 1. The molecule has 7 nitrogen and oxygen atoms in total. The number of para-hydroxylation sites is 1. The van der Waals surface area contributed by atoms with Crippen LogP contribution < -0.4 is 15.7 Å². The van der Waals surface area contributed by atoms with Crippen LogP contribution in [0.1, 0.15) is 10.4 Å². The number of anilines is 1. The third-order valence-electron chi connectivity index (χ3n) is 4.86. The lowest BCUT2D eigenvalue weighted by molar-refractivity contribution is 0.0901. The Morgan fingerprint density at radius 3 is 2.45 bits per heavy atom. The number of carbonyl (C=O) groups excluding carboxylic acids is 2. The molecule has 0 bridgehead atoms. The first-order valence-electron chi connectivity index (χ1n) is 9.68. The minimum absolute atomic E-state index is 0.0949. The average molecular weight is 464 g/mol. The molecule has 3 aromatic carbocycles. The van der Waals surface area contributed by atoms with Gasteiger partial charge in [0.25, 0.3) is 5.91 Å². The summed E-state index contributed by atoms with van der Waals surface area (Å²) in [5, 5.41) is 3.28. The molecular formula is C24H17FN2O5S. The molecule has 0 fully saturated rings. The van der Waals surface area contributed by atoms with Gasteiger partial charge in [-0.15, -0.1) is 0 Å². The zero-order valence-corrected chi connectivity index (χ0v) is 18.1. The molecule has 0 aliphatic carbocycles. The van der Waals surface area contributed by atoms with Gasteiger partial charge in [-0.1, -0.05) is 31.0 Å². The molecule has 1 aromatic heterocycles. The average Bonchev–Trinajstić information content (AvgIpc) is 2.83. The van der Waals surface area contributed by atoms with E-state index in [1.54, 1.807) is 30.3 Å². The SMILES string of the molecule is COc1cc(NC(=O)N(S)C(=O)c2ccc(F)cc2)ccc1-c1cc2ccccc2oc1=O. The first-order chi connectivity index (χ1) is 15.9. The molecule has 0 saturated carbocycles. The fourth-order valence-electron chi connectivity index (χ4n) is 3.22. The Kier molecular flexibility index (Phi) is 6.14. The van der Waals surface area contributed by atoms with Crippen molar-refractivity contribution in [3.05, 3.63) is 94.6 Å². The number of ether oxygens (including phenoxy) is 1. The number of thiol groups is 1. The van der Waals surface area contributed by atoms with Gasteiger partial charge in [-0.2, -0.15) is 0 Å². The van der Waals surface area contributed by atoms with E-state index in [2.05, 4.69) is 18.1 Å². The fourth-order valence-corrected chi connectivity index (χ4v) is 3.39. The van der Waals surface area contributed by atoms with Gasteiger partial charge in [0.15, 0.2) is 0 Å². The lowest BCUT2D eigenvalue weighted by atomic mass is 10.0. The van der Waals surface area contributed by atoms with Gasteiger partial charge in [-0.05, 0) is 48.5 Å². The van der Waals surface area contributed by atoms with Crippen LogP contribution in [-0.4, -0.2) is 23.4 Å². The van der Waals surface area contributed by atoms with Crippen LogP contribution in [0.4, 0.5) is 14.9 Å². The lowest BCUT2D eigenvalue weighted by Gasteiger charge is -2.16. The number of nitrogens with zero attached hydrogens (tertiary/aromatic N) is 1. The Morgan fingerprint density at radius 1 is 1.00 bits per heavy atom. The summed E-state index contributed by atoms with van der Waals surface area (Å²) in [5.74, 6) is -0.923. The van der Waals surface area contributed by atoms with E-state index in [9.17, 15) is 18.8 Å². The molecule has 1 N–H and O–H groups in total. The summed E-state index contributed by atoms with van der Waals surface area (Å²) in [7, 11) is 1.43. The monoisotopic (exact) mass is 464 g/mol. The van der Waals surface area contributed by atoms with Gasteiger partial charge >= 0.3 is 11.7 Å². The maximum Gasteiger partial charge on any atom is 0.344 e. The number of rotatable bonds is 4. The summed E-state index contributed by atoms with van der Waals surface area (Å²) in [6, 6.07) is 17.4. The second-order valence-corrected chi connectivity index (χ2v) is 7.35. The maximum absolute atomic E-state index is 13.1. The maximum atomic E-state index is 13.1. The van der Waals surface area contributed by atoms with Crippen molar-refractivity contribution in [3.63, 3.8) is 0 Å². The number of nitrogens with one attached hydrogen (secondary N) is 1. The molecular weight excluding hydrogens is 447 g/mol. The van der Waals surface area contributed by atoms with E-state index in [0.29, 0.717) is 32.5 Å². The van der Waals surface area contributed by atoms with Gasteiger partial charge in [-0.25, -0.2) is 18.3 Å².